The third-order valence-corrected chi connectivity index (χ3v) is 19.2. The molecule has 0 fully saturated rings. The summed E-state index contributed by atoms with van der Waals surface area (Å²) in [4.78, 5) is 9.89. The Kier molecular flexibility index (Phi) is 12.3. The van der Waals surface area contributed by atoms with Gasteiger partial charge in [0.2, 0.25) is 0 Å². The Hall–Kier alpha value is -12.0. The van der Waals surface area contributed by atoms with Crippen molar-refractivity contribution in [1.82, 2.24) is 19.1 Å². The van der Waals surface area contributed by atoms with Crippen molar-refractivity contribution < 1.29 is 0 Å². The lowest BCUT2D eigenvalue weighted by Crippen LogP contribution is -1.97. The number of hydrogen-bond acceptors (Lipinski definition) is 2. The summed E-state index contributed by atoms with van der Waals surface area (Å²) in [5.74, 6) is 1.92. The second kappa shape index (κ2) is 21.4. The molecule has 0 N–H and O–H groups in total. The van der Waals surface area contributed by atoms with Gasteiger partial charge in [0.1, 0.15) is 11.6 Å². The fourth-order valence-corrected chi connectivity index (χ4v) is 15.0. The molecule has 0 radical (unpaired) electrons. The molecule has 0 saturated carbocycles. The molecule has 0 spiro atoms. The SMILES string of the molecule is Cc1nc2ccccc2n1-c1ccc(-c2c3ccccc3c(-c3ccc(-c4ccc5ccccc5c4)cc3)c3ccc(-c4ccc5c(-c6ccc(-c7cccc8ccccc78)cc6)c6ccccc6c(-c6ccc(-n7c(C)nc8ccccc87)cc6)c5c4)cc23)cc1. The van der Waals surface area contributed by atoms with Gasteiger partial charge < -0.3 is 0 Å². The largest absolute Gasteiger partial charge is 0.297 e. The summed E-state index contributed by atoms with van der Waals surface area (Å²) in [6.45, 7) is 4.18. The minimum Gasteiger partial charge on any atom is -0.297 e. The van der Waals surface area contributed by atoms with Crippen LogP contribution in [0.15, 0.2) is 315 Å². The molecule has 0 unspecified atom stereocenters. The highest BCUT2D eigenvalue weighted by Crippen LogP contribution is 2.49. The smallest absolute Gasteiger partial charge is 0.111 e. The lowest BCUT2D eigenvalue weighted by atomic mass is 9.83. The monoisotopic (exact) mass is 1170 g/mol. The highest BCUT2D eigenvalue weighted by Gasteiger charge is 2.22. The molecule has 0 atom stereocenters. The molecule has 4 heteroatoms. The lowest BCUT2D eigenvalue weighted by Gasteiger charge is -2.20. The first-order chi connectivity index (χ1) is 45.4. The van der Waals surface area contributed by atoms with E-state index in [0.717, 1.165) is 67.3 Å². The van der Waals surface area contributed by atoms with E-state index in [-0.39, 0.29) is 0 Å². The Morgan fingerprint density at radius 2 is 0.554 bits per heavy atom. The Morgan fingerprint density at radius 3 is 1.05 bits per heavy atom. The number of nitrogens with zero attached hydrogens (tertiary/aromatic N) is 4. The molecule has 18 aromatic rings. The third kappa shape index (κ3) is 8.67. The number of imidazole rings is 2. The average Bonchev–Trinajstić information content (AvgIpc) is 0.969. The Balaban J connectivity index is 0.846. The summed E-state index contributed by atoms with van der Waals surface area (Å²) in [6.07, 6.45) is 0. The van der Waals surface area contributed by atoms with Crippen molar-refractivity contribution in [3.63, 3.8) is 0 Å². The van der Waals surface area contributed by atoms with Gasteiger partial charge in [0.05, 0.1) is 22.1 Å². The van der Waals surface area contributed by atoms with Crippen LogP contribution in [-0.4, -0.2) is 19.1 Å². The third-order valence-electron chi connectivity index (χ3n) is 19.2. The van der Waals surface area contributed by atoms with E-state index in [2.05, 4.69) is 338 Å². The number of benzene rings is 16. The first kappa shape index (κ1) is 53.1. The highest BCUT2D eigenvalue weighted by atomic mass is 15.1. The van der Waals surface area contributed by atoms with Crippen LogP contribution in [-0.2, 0) is 0 Å². The van der Waals surface area contributed by atoms with Gasteiger partial charge in [-0.25, -0.2) is 9.97 Å². The molecule has 16 aromatic carbocycles. The van der Waals surface area contributed by atoms with Crippen molar-refractivity contribution in [1.29, 1.82) is 0 Å². The first-order valence-corrected chi connectivity index (χ1v) is 31.7. The predicted octanol–water partition coefficient (Wildman–Crippen LogP) is 23.6. The molecule has 0 aliphatic heterocycles. The molecule has 2 aromatic heterocycles. The van der Waals surface area contributed by atoms with Crippen LogP contribution >= 0.6 is 0 Å². The minimum atomic E-state index is 0.958. The first-order valence-electron chi connectivity index (χ1n) is 31.7. The zero-order valence-electron chi connectivity index (χ0n) is 50.8. The zero-order chi connectivity index (χ0) is 61.0. The lowest BCUT2D eigenvalue weighted by molar-refractivity contribution is 1.00. The number of aryl methyl sites for hydroxylation is 2. The number of aromatic nitrogens is 4. The summed E-state index contributed by atoms with van der Waals surface area (Å²) in [5.41, 5.74) is 22.9. The quantitative estimate of drug-likeness (QED) is 0.135. The second-order valence-electron chi connectivity index (χ2n) is 24.4. The maximum Gasteiger partial charge on any atom is 0.111 e. The summed E-state index contributed by atoms with van der Waals surface area (Å²) < 4.78 is 4.53. The van der Waals surface area contributed by atoms with Crippen LogP contribution in [0.3, 0.4) is 0 Å². The molecule has 18 rings (SSSR count). The van der Waals surface area contributed by atoms with Crippen LogP contribution in [0.1, 0.15) is 11.6 Å². The van der Waals surface area contributed by atoms with Gasteiger partial charge >= 0.3 is 0 Å². The van der Waals surface area contributed by atoms with Gasteiger partial charge in [-0.3, -0.25) is 9.13 Å². The van der Waals surface area contributed by atoms with E-state index in [0.29, 0.717) is 0 Å². The van der Waals surface area contributed by atoms with Gasteiger partial charge in [0, 0.05) is 11.4 Å². The van der Waals surface area contributed by atoms with Gasteiger partial charge in [-0.05, 0) is 223 Å². The van der Waals surface area contributed by atoms with Crippen molar-refractivity contribution >= 4 is 86.7 Å². The highest BCUT2D eigenvalue weighted by molar-refractivity contribution is 6.24. The van der Waals surface area contributed by atoms with Crippen molar-refractivity contribution in [2.45, 2.75) is 13.8 Å². The molecule has 0 aliphatic rings. The summed E-state index contributed by atoms with van der Waals surface area (Å²) in [7, 11) is 0. The van der Waals surface area contributed by atoms with E-state index in [1.165, 1.54) is 120 Å². The molecule has 92 heavy (non-hydrogen) atoms. The normalized spacial score (nSPS) is 11.8. The zero-order valence-corrected chi connectivity index (χ0v) is 50.8. The fourth-order valence-electron chi connectivity index (χ4n) is 15.0. The van der Waals surface area contributed by atoms with Gasteiger partial charge in [-0.1, -0.05) is 249 Å². The molecule has 0 bridgehead atoms. The van der Waals surface area contributed by atoms with Crippen LogP contribution in [0.5, 0.6) is 0 Å². The number of rotatable bonds is 9. The van der Waals surface area contributed by atoms with Crippen LogP contribution < -0.4 is 0 Å². The summed E-state index contributed by atoms with van der Waals surface area (Å²) in [6, 6.07) is 117. The molecular weight excluding hydrogens is 1110 g/mol. The van der Waals surface area contributed by atoms with E-state index in [9.17, 15) is 0 Å². The van der Waals surface area contributed by atoms with Crippen molar-refractivity contribution in [2.75, 3.05) is 0 Å². The molecule has 430 valence electrons. The standard InChI is InChI=1S/C88H58N4/c1-55-89-81-26-11-13-28-83(81)91(55)69-46-40-63(41-47-69)87-75-23-9-7-21-73(75)85(61-35-30-58(31-36-61)66-39-32-57-16-3-4-18-65(57)52-66)77-50-44-67(53-79(77)87)68-45-51-78-80(54-68)88(64-42-48-70(49-43-64)92-56(2)90-82-27-12-14-29-84(82)92)76-24-10-8-22-74(76)86(78)62-37-33-60(34-38-62)72-25-15-19-59-17-5-6-20-71(59)72/h3-54H,1-2H3. The number of hydrogen-bond donors (Lipinski definition) is 0. The van der Waals surface area contributed by atoms with Crippen molar-refractivity contribution in [3.05, 3.63) is 327 Å². The summed E-state index contributed by atoms with van der Waals surface area (Å²) >= 11 is 0. The molecule has 0 saturated heterocycles. The Bertz CT molecular complexity index is 5980. The Morgan fingerprint density at radius 1 is 0.217 bits per heavy atom. The molecule has 2 heterocycles. The average molecular weight is 1170 g/mol. The maximum atomic E-state index is 4.95. The van der Waals surface area contributed by atoms with E-state index in [1.807, 2.05) is 0 Å². The van der Waals surface area contributed by atoms with Crippen molar-refractivity contribution in [3.8, 4) is 89.3 Å². The van der Waals surface area contributed by atoms with E-state index in [1.54, 1.807) is 0 Å². The Labute approximate surface area is 532 Å². The molecular formula is C88H58N4. The predicted molar refractivity (Wildman–Crippen MR) is 388 cm³/mol. The van der Waals surface area contributed by atoms with Crippen LogP contribution in [0, 0.1) is 13.8 Å². The van der Waals surface area contributed by atoms with Gasteiger partial charge in [-0.15, -0.1) is 0 Å². The van der Waals surface area contributed by atoms with Crippen LogP contribution in [0.4, 0.5) is 0 Å². The summed E-state index contributed by atoms with van der Waals surface area (Å²) in [5, 5.41) is 14.6. The van der Waals surface area contributed by atoms with Crippen LogP contribution in [0.2, 0.25) is 0 Å². The van der Waals surface area contributed by atoms with E-state index >= 15 is 0 Å². The molecule has 0 amide bonds. The van der Waals surface area contributed by atoms with Gasteiger partial charge in [0.15, 0.2) is 0 Å². The molecule has 4 nitrogen and oxygen atoms in total. The number of fused-ring (bicyclic) bond motifs is 8. The van der Waals surface area contributed by atoms with Crippen LogP contribution in [0.25, 0.3) is 176 Å². The topological polar surface area (TPSA) is 35.6 Å². The minimum absolute atomic E-state index is 0.958. The molecule has 0 aliphatic carbocycles. The van der Waals surface area contributed by atoms with Crippen molar-refractivity contribution in [2.24, 2.45) is 0 Å². The van der Waals surface area contributed by atoms with Gasteiger partial charge in [-0.2, -0.15) is 0 Å². The van der Waals surface area contributed by atoms with E-state index < -0.39 is 0 Å². The second-order valence-corrected chi connectivity index (χ2v) is 24.4. The van der Waals surface area contributed by atoms with E-state index in [4.69, 9.17) is 9.97 Å². The maximum absolute atomic E-state index is 4.95. The number of para-hydroxylation sites is 4. The fraction of sp³-hybridized carbons (Fsp3) is 0.0227. The van der Waals surface area contributed by atoms with Gasteiger partial charge in [0.25, 0.3) is 0 Å².